The quantitative estimate of drug-likeness (QED) is 0.401. The second kappa shape index (κ2) is 9.48. The summed E-state index contributed by atoms with van der Waals surface area (Å²) in [5.41, 5.74) is 2.53. The molecule has 146 valence electrons. The van der Waals surface area contributed by atoms with Gasteiger partial charge >= 0.3 is 0 Å². The van der Waals surface area contributed by atoms with Gasteiger partial charge in [-0.1, -0.05) is 54.5 Å². The van der Waals surface area contributed by atoms with Crippen LogP contribution >= 0.6 is 0 Å². The van der Waals surface area contributed by atoms with Crippen molar-refractivity contribution in [2.24, 2.45) is 17.8 Å². The van der Waals surface area contributed by atoms with Gasteiger partial charge in [0, 0.05) is 0 Å². The number of rotatable bonds is 9. The summed E-state index contributed by atoms with van der Waals surface area (Å²) in [6, 6.07) is 9.88. The minimum Gasteiger partial charge on any atom is -0.392 e. The van der Waals surface area contributed by atoms with E-state index in [-0.39, 0.29) is 11.7 Å². The summed E-state index contributed by atoms with van der Waals surface area (Å²) in [6.45, 7) is 1.15. The van der Waals surface area contributed by atoms with E-state index < -0.39 is 6.10 Å². The molecule has 2 aliphatic carbocycles. The highest BCUT2D eigenvalue weighted by atomic mass is 16.3. The molecule has 3 heteroatoms. The van der Waals surface area contributed by atoms with Crippen LogP contribution in [0.3, 0.4) is 0 Å². The van der Waals surface area contributed by atoms with E-state index in [0.29, 0.717) is 11.8 Å². The van der Waals surface area contributed by atoms with Crippen LogP contribution in [0, 0.1) is 17.8 Å². The Morgan fingerprint density at radius 3 is 2.70 bits per heavy atom. The normalized spacial score (nSPS) is 27.3. The Labute approximate surface area is 163 Å². The maximum atomic E-state index is 12.8. The number of allylic oxidation sites excluding steroid dienone is 3. The molecule has 0 amide bonds. The molecule has 0 bridgehead atoms. The summed E-state index contributed by atoms with van der Waals surface area (Å²) >= 11 is 0. The molecule has 1 aromatic carbocycles. The van der Waals surface area contributed by atoms with E-state index in [4.69, 9.17) is 0 Å². The number of hydrogen-bond acceptors (Lipinski definition) is 3. The third-order valence-corrected chi connectivity index (χ3v) is 6.06. The molecule has 3 nitrogen and oxygen atoms in total. The van der Waals surface area contributed by atoms with E-state index in [1.807, 2.05) is 36.4 Å². The summed E-state index contributed by atoms with van der Waals surface area (Å²) in [6.07, 6.45) is 12.0. The zero-order chi connectivity index (χ0) is 19.2. The number of benzene rings is 1. The van der Waals surface area contributed by atoms with Crippen molar-refractivity contribution in [3.8, 4) is 0 Å². The first-order chi connectivity index (χ1) is 13.0. The highest BCUT2D eigenvalue weighted by Gasteiger charge is 2.47. The van der Waals surface area contributed by atoms with E-state index in [1.165, 1.54) is 24.8 Å². The lowest BCUT2D eigenvalue weighted by atomic mass is 9.86. The van der Waals surface area contributed by atoms with Gasteiger partial charge < -0.3 is 10.0 Å². The summed E-state index contributed by atoms with van der Waals surface area (Å²) in [4.78, 5) is 15.0. The largest absolute Gasteiger partial charge is 0.392 e. The van der Waals surface area contributed by atoms with Crippen LogP contribution in [0.5, 0.6) is 0 Å². The van der Waals surface area contributed by atoms with Crippen LogP contribution in [0.25, 0.3) is 6.08 Å². The van der Waals surface area contributed by atoms with Crippen LogP contribution in [-0.2, 0) is 4.79 Å². The van der Waals surface area contributed by atoms with Crippen molar-refractivity contribution < 1.29 is 9.90 Å². The van der Waals surface area contributed by atoms with Crippen molar-refractivity contribution in [2.75, 3.05) is 20.6 Å². The summed E-state index contributed by atoms with van der Waals surface area (Å²) in [7, 11) is 4.24. The SMILES string of the molecule is CN(C)CCCCCC1=C[C@H]2C[C@@H](O)[C@H](C(=O)/C=C/c3ccccc3)[C@H]2C1. The first-order valence-corrected chi connectivity index (χ1v) is 10.3. The predicted molar refractivity (Wildman–Crippen MR) is 111 cm³/mol. The number of aliphatic hydroxyl groups excluding tert-OH is 1. The second-order valence-electron chi connectivity index (χ2n) is 8.45. The molecule has 27 heavy (non-hydrogen) atoms. The van der Waals surface area contributed by atoms with Crippen molar-refractivity contribution in [3.63, 3.8) is 0 Å². The number of nitrogens with zero attached hydrogens (tertiary/aromatic N) is 1. The maximum absolute atomic E-state index is 12.8. The Morgan fingerprint density at radius 1 is 1.19 bits per heavy atom. The first-order valence-electron chi connectivity index (χ1n) is 10.3. The van der Waals surface area contributed by atoms with Crippen LogP contribution in [0.15, 0.2) is 48.1 Å². The molecule has 2 aliphatic rings. The predicted octanol–water partition coefficient (Wildman–Crippen LogP) is 4.33. The average molecular weight is 368 g/mol. The van der Waals surface area contributed by atoms with Crippen molar-refractivity contribution in [1.29, 1.82) is 0 Å². The highest BCUT2D eigenvalue weighted by molar-refractivity contribution is 5.96. The van der Waals surface area contributed by atoms with Gasteiger partial charge in [0.1, 0.15) is 0 Å². The standard InChI is InChI=1S/C24H33NO2/c1-25(2)14-8-4-7-11-19-15-20-17-23(27)24(21(20)16-19)22(26)13-12-18-9-5-3-6-10-18/h3,5-6,9-10,12-13,15,20-21,23-24,27H,4,7-8,11,14,16-17H2,1-2H3/b13-12+/t20-,21-,23+,24-/m0/s1. The average Bonchev–Trinajstić information content (AvgIpc) is 3.16. The summed E-state index contributed by atoms with van der Waals surface area (Å²) in [5, 5.41) is 10.5. The molecule has 0 unspecified atom stereocenters. The van der Waals surface area contributed by atoms with E-state index in [1.54, 1.807) is 6.08 Å². The van der Waals surface area contributed by atoms with Crippen molar-refractivity contribution in [1.82, 2.24) is 4.90 Å². The Bertz CT molecular complexity index is 677. The van der Waals surface area contributed by atoms with Crippen LogP contribution in [-0.4, -0.2) is 42.5 Å². The lowest BCUT2D eigenvalue weighted by molar-refractivity contribution is -0.121. The number of ketones is 1. The topological polar surface area (TPSA) is 40.5 Å². The molecule has 0 radical (unpaired) electrons. The van der Waals surface area contributed by atoms with Crippen molar-refractivity contribution >= 4 is 11.9 Å². The van der Waals surface area contributed by atoms with Crippen molar-refractivity contribution in [3.05, 3.63) is 53.6 Å². The van der Waals surface area contributed by atoms with Gasteiger partial charge in [-0.15, -0.1) is 0 Å². The fourth-order valence-electron chi connectivity index (χ4n) is 4.69. The zero-order valence-electron chi connectivity index (χ0n) is 16.7. The van der Waals surface area contributed by atoms with Gasteiger partial charge in [-0.2, -0.15) is 0 Å². The summed E-state index contributed by atoms with van der Waals surface area (Å²) < 4.78 is 0. The van der Waals surface area contributed by atoms with Gasteiger partial charge in [-0.25, -0.2) is 0 Å². The van der Waals surface area contributed by atoms with Gasteiger partial charge in [-0.3, -0.25) is 4.79 Å². The Kier molecular flexibility index (Phi) is 7.03. The molecule has 4 atom stereocenters. The smallest absolute Gasteiger partial charge is 0.161 e. The Morgan fingerprint density at radius 2 is 1.96 bits per heavy atom. The van der Waals surface area contributed by atoms with E-state index in [2.05, 4.69) is 25.1 Å². The molecule has 0 saturated heterocycles. The number of unbranched alkanes of at least 4 members (excludes halogenated alkanes) is 2. The number of hydrogen-bond donors (Lipinski definition) is 1. The van der Waals surface area contributed by atoms with E-state index in [9.17, 15) is 9.90 Å². The monoisotopic (exact) mass is 367 g/mol. The zero-order valence-corrected chi connectivity index (χ0v) is 16.7. The fourth-order valence-corrected chi connectivity index (χ4v) is 4.69. The van der Waals surface area contributed by atoms with E-state index in [0.717, 1.165) is 31.4 Å². The van der Waals surface area contributed by atoms with Crippen LogP contribution in [0.2, 0.25) is 0 Å². The third kappa shape index (κ3) is 5.40. The fraction of sp³-hybridized carbons (Fsp3) is 0.542. The molecule has 0 aliphatic heterocycles. The number of carbonyl (C=O) groups excluding carboxylic acids is 1. The number of aliphatic hydroxyl groups is 1. The van der Waals surface area contributed by atoms with Gasteiger partial charge in [0.15, 0.2) is 5.78 Å². The molecular formula is C24H33NO2. The number of carbonyl (C=O) groups is 1. The molecule has 1 N–H and O–H groups in total. The minimum atomic E-state index is -0.495. The molecule has 1 fully saturated rings. The van der Waals surface area contributed by atoms with Crippen LogP contribution < -0.4 is 0 Å². The van der Waals surface area contributed by atoms with Crippen molar-refractivity contribution in [2.45, 2.75) is 44.6 Å². The molecule has 0 heterocycles. The molecule has 0 spiro atoms. The lowest BCUT2D eigenvalue weighted by Gasteiger charge is -2.19. The van der Waals surface area contributed by atoms with Gasteiger partial charge in [0.25, 0.3) is 0 Å². The van der Waals surface area contributed by atoms with Gasteiger partial charge in [0.2, 0.25) is 0 Å². The molecule has 1 saturated carbocycles. The number of fused-ring (bicyclic) bond motifs is 1. The third-order valence-electron chi connectivity index (χ3n) is 6.06. The van der Waals surface area contributed by atoms with Crippen LogP contribution in [0.1, 0.15) is 44.1 Å². The second-order valence-corrected chi connectivity index (χ2v) is 8.45. The first kappa shape index (κ1) is 20.0. The van der Waals surface area contributed by atoms with E-state index >= 15 is 0 Å². The Balaban J connectivity index is 1.51. The molecule has 1 aromatic rings. The Hall–Kier alpha value is -1.71. The summed E-state index contributed by atoms with van der Waals surface area (Å²) in [5.74, 6) is 0.525. The maximum Gasteiger partial charge on any atom is 0.161 e. The van der Waals surface area contributed by atoms with Gasteiger partial charge in [-0.05, 0) is 76.2 Å². The van der Waals surface area contributed by atoms with Crippen LogP contribution in [0.4, 0.5) is 0 Å². The molecule has 3 rings (SSSR count). The minimum absolute atomic E-state index is 0.0829. The molecule has 0 aromatic heterocycles. The lowest BCUT2D eigenvalue weighted by Crippen LogP contribution is -2.27. The highest BCUT2D eigenvalue weighted by Crippen LogP contribution is 2.48. The van der Waals surface area contributed by atoms with Gasteiger partial charge in [0.05, 0.1) is 12.0 Å². The molecular weight excluding hydrogens is 334 g/mol.